The van der Waals surface area contributed by atoms with Gasteiger partial charge >= 0.3 is 5.63 Å². The van der Waals surface area contributed by atoms with Crippen LogP contribution in [0.3, 0.4) is 0 Å². The van der Waals surface area contributed by atoms with Crippen LogP contribution in [0.25, 0.3) is 22.1 Å². The number of aromatic nitrogens is 1. The molecule has 2 aromatic heterocycles. The van der Waals surface area contributed by atoms with Crippen molar-refractivity contribution in [1.82, 2.24) is 4.98 Å². The molecule has 3 heteroatoms. The molecule has 0 unspecified atom stereocenters. The zero-order chi connectivity index (χ0) is 11.7. The summed E-state index contributed by atoms with van der Waals surface area (Å²) in [5.74, 6) is 0. The van der Waals surface area contributed by atoms with Crippen LogP contribution in [-0.4, -0.2) is 4.98 Å². The van der Waals surface area contributed by atoms with Gasteiger partial charge < -0.3 is 4.42 Å². The Bertz CT molecular complexity index is 717. The summed E-state index contributed by atoms with van der Waals surface area (Å²) in [6, 6.07) is 12.8. The Balaban J connectivity index is 2.23. The van der Waals surface area contributed by atoms with Gasteiger partial charge in [-0.15, -0.1) is 0 Å². The van der Waals surface area contributed by atoms with Crippen molar-refractivity contribution in [3.05, 3.63) is 65.3 Å². The second-order valence-corrected chi connectivity index (χ2v) is 3.75. The van der Waals surface area contributed by atoms with Gasteiger partial charge in [0.05, 0.1) is 0 Å². The van der Waals surface area contributed by atoms with Crippen LogP contribution in [0, 0.1) is 0 Å². The Labute approximate surface area is 97.4 Å². The Morgan fingerprint density at radius 2 is 1.88 bits per heavy atom. The zero-order valence-electron chi connectivity index (χ0n) is 8.96. The van der Waals surface area contributed by atoms with E-state index in [-0.39, 0.29) is 5.63 Å². The molecule has 3 aromatic rings. The molecule has 0 radical (unpaired) electrons. The fourth-order valence-corrected chi connectivity index (χ4v) is 1.77. The van der Waals surface area contributed by atoms with E-state index in [0.29, 0.717) is 5.58 Å². The first-order valence-corrected chi connectivity index (χ1v) is 5.27. The first kappa shape index (κ1) is 9.78. The second-order valence-electron chi connectivity index (χ2n) is 3.75. The van der Waals surface area contributed by atoms with E-state index in [4.69, 9.17) is 4.42 Å². The predicted octanol–water partition coefficient (Wildman–Crippen LogP) is 2.86. The maximum Gasteiger partial charge on any atom is 0.336 e. The topological polar surface area (TPSA) is 43.1 Å². The molecule has 0 N–H and O–H groups in total. The predicted molar refractivity (Wildman–Crippen MR) is 65.7 cm³/mol. The minimum atomic E-state index is -0.333. The van der Waals surface area contributed by atoms with Gasteiger partial charge in [0.25, 0.3) is 0 Å². The van der Waals surface area contributed by atoms with Crippen LogP contribution in [-0.2, 0) is 0 Å². The van der Waals surface area contributed by atoms with Crippen molar-refractivity contribution in [2.24, 2.45) is 0 Å². The SMILES string of the molecule is O=c1ccc2ccc(-c3cccnc3)cc2o1. The quantitative estimate of drug-likeness (QED) is 0.596. The van der Waals surface area contributed by atoms with E-state index in [1.165, 1.54) is 6.07 Å². The molecule has 0 amide bonds. The number of hydrogen-bond acceptors (Lipinski definition) is 3. The summed E-state index contributed by atoms with van der Waals surface area (Å²) in [6.07, 6.45) is 3.51. The first-order valence-electron chi connectivity index (χ1n) is 5.27. The van der Waals surface area contributed by atoms with Gasteiger partial charge in [0.1, 0.15) is 5.58 Å². The smallest absolute Gasteiger partial charge is 0.336 e. The van der Waals surface area contributed by atoms with E-state index in [1.807, 2.05) is 30.3 Å². The van der Waals surface area contributed by atoms with E-state index in [2.05, 4.69) is 4.98 Å². The van der Waals surface area contributed by atoms with Crippen molar-refractivity contribution in [3.8, 4) is 11.1 Å². The van der Waals surface area contributed by atoms with Crippen molar-refractivity contribution in [2.75, 3.05) is 0 Å². The van der Waals surface area contributed by atoms with Crippen LogP contribution >= 0.6 is 0 Å². The Hall–Kier alpha value is -2.42. The zero-order valence-corrected chi connectivity index (χ0v) is 8.96. The fourth-order valence-electron chi connectivity index (χ4n) is 1.77. The lowest BCUT2D eigenvalue weighted by Crippen LogP contribution is -1.94. The van der Waals surface area contributed by atoms with E-state index < -0.39 is 0 Å². The summed E-state index contributed by atoms with van der Waals surface area (Å²) >= 11 is 0. The van der Waals surface area contributed by atoms with Crippen molar-refractivity contribution < 1.29 is 4.42 Å². The van der Waals surface area contributed by atoms with E-state index in [9.17, 15) is 4.79 Å². The van der Waals surface area contributed by atoms with E-state index in [0.717, 1.165) is 16.5 Å². The maximum atomic E-state index is 11.2. The summed E-state index contributed by atoms with van der Waals surface area (Å²) in [7, 11) is 0. The van der Waals surface area contributed by atoms with Crippen molar-refractivity contribution in [3.63, 3.8) is 0 Å². The Morgan fingerprint density at radius 3 is 2.71 bits per heavy atom. The number of rotatable bonds is 1. The number of pyridine rings is 1. The van der Waals surface area contributed by atoms with Crippen molar-refractivity contribution in [2.45, 2.75) is 0 Å². The van der Waals surface area contributed by atoms with Gasteiger partial charge in [-0.3, -0.25) is 4.98 Å². The average molecular weight is 223 g/mol. The minimum Gasteiger partial charge on any atom is -0.423 e. The van der Waals surface area contributed by atoms with E-state index in [1.54, 1.807) is 18.5 Å². The fraction of sp³-hybridized carbons (Fsp3) is 0. The molecule has 0 fully saturated rings. The molecule has 17 heavy (non-hydrogen) atoms. The molecule has 0 aliphatic rings. The van der Waals surface area contributed by atoms with Gasteiger partial charge in [-0.25, -0.2) is 4.79 Å². The molecule has 0 atom stereocenters. The molecule has 0 aliphatic heterocycles. The molecule has 0 saturated heterocycles. The third kappa shape index (κ3) is 1.83. The molecule has 0 spiro atoms. The van der Waals surface area contributed by atoms with Crippen LogP contribution in [0.2, 0.25) is 0 Å². The normalized spacial score (nSPS) is 10.6. The van der Waals surface area contributed by atoms with Crippen LogP contribution in [0.5, 0.6) is 0 Å². The highest BCUT2D eigenvalue weighted by atomic mass is 16.4. The van der Waals surface area contributed by atoms with Crippen LogP contribution in [0.4, 0.5) is 0 Å². The van der Waals surface area contributed by atoms with Gasteiger partial charge in [-0.05, 0) is 23.8 Å². The highest BCUT2D eigenvalue weighted by Crippen LogP contribution is 2.22. The van der Waals surface area contributed by atoms with E-state index >= 15 is 0 Å². The largest absolute Gasteiger partial charge is 0.423 e. The summed E-state index contributed by atoms with van der Waals surface area (Å²) in [6.45, 7) is 0. The molecular formula is C14H9NO2. The lowest BCUT2D eigenvalue weighted by Gasteiger charge is -2.02. The summed E-state index contributed by atoms with van der Waals surface area (Å²) in [5.41, 5.74) is 2.25. The molecular weight excluding hydrogens is 214 g/mol. The Kier molecular flexibility index (Phi) is 2.22. The molecule has 82 valence electrons. The first-order chi connectivity index (χ1) is 8.33. The molecule has 0 bridgehead atoms. The van der Waals surface area contributed by atoms with Gasteiger partial charge in [0.2, 0.25) is 0 Å². The Morgan fingerprint density at radius 1 is 1.00 bits per heavy atom. The third-order valence-corrected chi connectivity index (χ3v) is 2.62. The molecule has 3 rings (SSSR count). The maximum absolute atomic E-state index is 11.2. The lowest BCUT2D eigenvalue weighted by atomic mass is 10.1. The average Bonchev–Trinajstić information content (AvgIpc) is 2.39. The molecule has 1 aromatic carbocycles. The van der Waals surface area contributed by atoms with Crippen molar-refractivity contribution >= 4 is 11.0 Å². The summed E-state index contributed by atoms with van der Waals surface area (Å²) in [4.78, 5) is 15.2. The number of benzene rings is 1. The van der Waals surface area contributed by atoms with Crippen LogP contribution < -0.4 is 5.63 Å². The summed E-state index contributed by atoms with van der Waals surface area (Å²) < 4.78 is 5.15. The van der Waals surface area contributed by atoms with Gasteiger partial charge in [-0.1, -0.05) is 18.2 Å². The number of nitrogens with zero attached hydrogens (tertiary/aromatic N) is 1. The minimum absolute atomic E-state index is 0.333. The highest BCUT2D eigenvalue weighted by Gasteiger charge is 2.01. The molecule has 0 saturated carbocycles. The van der Waals surface area contributed by atoms with Crippen LogP contribution in [0.1, 0.15) is 0 Å². The third-order valence-electron chi connectivity index (χ3n) is 2.62. The molecule has 3 nitrogen and oxygen atoms in total. The van der Waals surface area contributed by atoms with Crippen molar-refractivity contribution in [1.29, 1.82) is 0 Å². The van der Waals surface area contributed by atoms with Crippen LogP contribution in [0.15, 0.2) is 64.1 Å². The number of fused-ring (bicyclic) bond motifs is 1. The standard InChI is InChI=1S/C14H9NO2/c16-14-6-5-10-3-4-11(8-13(10)17-14)12-2-1-7-15-9-12/h1-9H. The number of hydrogen-bond donors (Lipinski definition) is 0. The lowest BCUT2D eigenvalue weighted by molar-refractivity contribution is 0.561. The highest BCUT2D eigenvalue weighted by molar-refractivity contribution is 5.82. The van der Waals surface area contributed by atoms with Gasteiger partial charge in [0.15, 0.2) is 0 Å². The molecule has 0 aliphatic carbocycles. The summed E-state index contributed by atoms with van der Waals surface area (Å²) in [5, 5.41) is 0.914. The molecule has 2 heterocycles. The van der Waals surface area contributed by atoms with Gasteiger partial charge in [-0.2, -0.15) is 0 Å². The monoisotopic (exact) mass is 223 g/mol. The van der Waals surface area contributed by atoms with Gasteiger partial charge in [0, 0.05) is 29.4 Å². The second kappa shape index (κ2) is 3.87.